The predicted octanol–water partition coefficient (Wildman–Crippen LogP) is 5.59. The number of urea groups is 1. The molecule has 1 aromatic heterocycles. The molecule has 13 heteroatoms. The predicted molar refractivity (Wildman–Crippen MR) is 184 cm³/mol. The molecule has 0 spiro atoms. The van der Waals surface area contributed by atoms with E-state index in [9.17, 15) is 14.7 Å². The van der Waals surface area contributed by atoms with Crippen LogP contribution in [0.4, 0.5) is 16.2 Å². The van der Waals surface area contributed by atoms with Crippen LogP contribution in [0.1, 0.15) is 67.4 Å². The van der Waals surface area contributed by atoms with Crippen LogP contribution in [0.2, 0.25) is 0 Å². The lowest BCUT2D eigenvalue weighted by atomic mass is 10.0. The van der Waals surface area contributed by atoms with Gasteiger partial charge in [0.1, 0.15) is 17.1 Å². The summed E-state index contributed by atoms with van der Waals surface area (Å²) in [6.07, 6.45) is 2.19. The number of aliphatic hydroxyl groups excluding tert-OH is 1. The van der Waals surface area contributed by atoms with Gasteiger partial charge < -0.3 is 44.1 Å². The van der Waals surface area contributed by atoms with Gasteiger partial charge in [0.05, 0.1) is 30.4 Å². The third kappa shape index (κ3) is 9.22. The maximum atomic E-state index is 14.4. The lowest BCUT2D eigenvalue weighted by Crippen LogP contribution is -2.47. The zero-order valence-electron chi connectivity index (χ0n) is 29.3. The molecule has 49 heavy (non-hydrogen) atoms. The zero-order chi connectivity index (χ0) is 35.1. The number of nitrogens with one attached hydrogen (secondary N) is 2. The highest BCUT2D eigenvalue weighted by Gasteiger charge is 2.30. The SMILES string of the molecule is Cc1noc(C)c1NC(=O)Nc1ccc2c(c1)C(=O)N([C@H](C)CO)C[C@H](C)[C@H](CN(C)Cc1ccc3c(c1)OCO3)OCCCC[C@@H](C)O2. The van der Waals surface area contributed by atoms with Gasteiger partial charge in [-0.3, -0.25) is 9.69 Å². The average Bonchev–Trinajstić information content (AvgIpc) is 3.67. The van der Waals surface area contributed by atoms with Gasteiger partial charge in [-0.25, -0.2) is 4.79 Å². The molecule has 5 rings (SSSR count). The van der Waals surface area contributed by atoms with Crippen LogP contribution in [-0.2, 0) is 11.3 Å². The van der Waals surface area contributed by atoms with Crippen molar-refractivity contribution in [2.75, 3.05) is 50.8 Å². The van der Waals surface area contributed by atoms with Crippen LogP contribution in [0.25, 0.3) is 0 Å². The fourth-order valence-electron chi connectivity index (χ4n) is 6.12. The summed E-state index contributed by atoms with van der Waals surface area (Å²) >= 11 is 0. The van der Waals surface area contributed by atoms with Crippen LogP contribution < -0.4 is 24.8 Å². The number of ether oxygens (including phenoxy) is 4. The Kier molecular flexibility index (Phi) is 12.0. The number of hydrogen-bond acceptors (Lipinski definition) is 10. The first-order valence-electron chi connectivity index (χ1n) is 16.9. The molecule has 0 bridgehead atoms. The van der Waals surface area contributed by atoms with Crippen molar-refractivity contribution in [2.45, 2.75) is 78.7 Å². The van der Waals surface area contributed by atoms with Crippen molar-refractivity contribution >= 4 is 23.3 Å². The molecule has 0 aliphatic carbocycles. The first-order chi connectivity index (χ1) is 23.5. The molecule has 2 aromatic carbocycles. The van der Waals surface area contributed by atoms with Gasteiger partial charge in [0.15, 0.2) is 17.3 Å². The fourth-order valence-corrected chi connectivity index (χ4v) is 6.12. The summed E-state index contributed by atoms with van der Waals surface area (Å²) in [7, 11) is 2.05. The lowest BCUT2D eigenvalue weighted by molar-refractivity contribution is -0.0177. The molecule has 3 heterocycles. The number of carbonyl (C=O) groups excluding carboxylic acids is 2. The van der Waals surface area contributed by atoms with Crippen molar-refractivity contribution in [3.63, 3.8) is 0 Å². The van der Waals surface area contributed by atoms with Gasteiger partial charge in [0.2, 0.25) is 6.79 Å². The Morgan fingerprint density at radius 3 is 2.61 bits per heavy atom. The molecule has 0 saturated heterocycles. The third-order valence-electron chi connectivity index (χ3n) is 8.96. The zero-order valence-corrected chi connectivity index (χ0v) is 29.3. The number of aromatic nitrogens is 1. The molecule has 2 aliphatic rings. The van der Waals surface area contributed by atoms with Crippen LogP contribution >= 0.6 is 0 Å². The molecule has 13 nitrogen and oxygen atoms in total. The van der Waals surface area contributed by atoms with Gasteiger partial charge in [-0.2, -0.15) is 0 Å². The Morgan fingerprint density at radius 2 is 1.86 bits per heavy atom. The quantitative estimate of drug-likeness (QED) is 0.275. The molecular weight excluding hydrogens is 630 g/mol. The van der Waals surface area contributed by atoms with Crippen molar-refractivity contribution in [3.05, 3.63) is 59.0 Å². The number of aliphatic hydroxyl groups is 1. The Hall–Kier alpha value is -4.33. The standard InChI is InChI=1S/C36H49N5O8/c1-22-17-41(23(2)20-42)35(43)29-16-28(37-36(44)38-34-25(4)39-49-26(34)5)11-13-30(29)48-24(3)9-7-8-14-45-33(22)19-40(6)18-27-10-12-31-32(15-27)47-21-46-31/h10-13,15-16,22-24,33,42H,7-9,14,17-21H2,1-6H3,(H2,37,38,44)/t22-,23+,24+,33-/m0/s1. The Balaban J connectivity index is 1.37. The molecule has 0 unspecified atom stereocenters. The first-order valence-corrected chi connectivity index (χ1v) is 16.9. The third-order valence-corrected chi connectivity index (χ3v) is 8.96. The second-order valence-corrected chi connectivity index (χ2v) is 13.2. The lowest BCUT2D eigenvalue weighted by Gasteiger charge is -2.36. The number of anilines is 2. The fraction of sp³-hybridized carbons (Fsp3) is 0.528. The number of hydrogen-bond donors (Lipinski definition) is 3. The highest BCUT2D eigenvalue weighted by atomic mass is 16.7. The van der Waals surface area contributed by atoms with Gasteiger partial charge in [0.25, 0.3) is 5.91 Å². The van der Waals surface area contributed by atoms with Crippen LogP contribution in [0, 0.1) is 19.8 Å². The molecule has 0 fully saturated rings. The van der Waals surface area contributed by atoms with Gasteiger partial charge in [-0.05, 0) is 89.9 Å². The van der Waals surface area contributed by atoms with Crippen molar-refractivity contribution in [1.82, 2.24) is 15.0 Å². The van der Waals surface area contributed by atoms with Crippen molar-refractivity contribution in [2.24, 2.45) is 5.92 Å². The molecule has 2 aliphatic heterocycles. The number of likely N-dealkylation sites (N-methyl/N-ethyl adjacent to an activating group) is 1. The minimum Gasteiger partial charge on any atom is -0.490 e. The van der Waals surface area contributed by atoms with E-state index in [-0.39, 0.29) is 37.4 Å². The summed E-state index contributed by atoms with van der Waals surface area (Å²) in [5.41, 5.74) is 2.84. The van der Waals surface area contributed by atoms with E-state index in [0.717, 1.165) is 36.3 Å². The van der Waals surface area contributed by atoms with Crippen molar-refractivity contribution in [3.8, 4) is 17.2 Å². The van der Waals surface area contributed by atoms with Crippen LogP contribution in [0.3, 0.4) is 0 Å². The number of fused-ring (bicyclic) bond motifs is 2. The van der Waals surface area contributed by atoms with Gasteiger partial charge in [0, 0.05) is 37.8 Å². The van der Waals surface area contributed by atoms with Crippen LogP contribution in [0.5, 0.6) is 17.2 Å². The molecule has 3 amide bonds. The number of rotatable bonds is 8. The van der Waals surface area contributed by atoms with Gasteiger partial charge in [-0.15, -0.1) is 0 Å². The number of carbonyl (C=O) groups is 2. The monoisotopic (exact) mass is 679 g/mol. The number of aryl methyl sites for hydroxylation is 2. The first kappa shape index (κ1) is 36.0. The number of benzene rings is 2. The normalized spacial score (nSPS) is 20.7. The minimum atomic E-state index is -0.504. The van der Waals surface area contributed by atoms with Crippen LogP contribution in [0.15, 0.2) is 40.9 Å². The Labute approximate surface area is 287 Å². The number of amides is 3. The summed E-state index contributed by atoms with van der Waals surface area (Å²) in [5, 5.41) is 19.7. The van der Waals surface area contributed by atoms with E-state index in [1.165, 1.54) is 0 Å². The molecule has 3 aromatic rings. The summed E-state index contributed by atoms with van der Waals surface area (Å²) in [6.45, 7) is 11.6. The minimum absolute atomic E-state index is 0.0782. The van der Waals surface area contributed by atoms with Crippen LogP contribution in [-0.4, -0.2) is 90.4 Å². The van der Waals surface area contributed by atoms with E-state index in [1.54, 1.807) is 36.9 Å². The van der Waals surface area contributed by atoms with Crippen molar-refractivity contribution in [1.29, 1.82) is 0 Å². The van der Waals surface area contributed by atoms with Crippen molar-refractivity contribution < 1.29 is 38.2 Å². The molecule has 3 N–H and O–H groups in total. The molecule has 4 atom stereocenters. The average molecular weight is 680 g/mol. The smallest absolute Gasteiger partial charge is 0.323 e. The van der Waals surface area contributed by atoms with E-state index >= 15 is 0 Å². The second kappa shape index (κ2) is 16.4. The van der Waals surface area contributed by atoms with E-state index in [4.69, 9.17) is 23.5 Å². The van der Waals surface area contributed by atoms with Gasteiger partial charge in [-0.1, -0.05) is 18.1 Å². The summed E-state index contributed by atoms with van der Waals surface area (Å²) in [6, 6.07) is 10.0. The van der Waals surface area contributed by atoms with E-state index < -0.39 is 12.1 Å². The van der Waals surface area contributed by atoms with E-state index in [0.29, 0.717) is 60.4 Å². The van der Waals surface area contributed by atoms with E-state index in [1.807, 2.05) is 32.0 Å². The molecular formula is C36H49N5O8. The second-order valence-electron chi connectivity index (χ2n) is 13.2. The summed E-state index contributed by atoms with van der Waals surface area (Å²) in [5.74, 6) is 2.02. The Morgan fingerprint density at radius 1 is 1.08 bits per heavy atom. The maximum Gasteiger partial charge on any atom is 0.323 e. The highest BCUT2D eigenvalue weighted by molar-refractivity contribution is 6.03. The number of nitrogens with zero attached hydrogens (tertiary/aromatic N) is 3. The topological polar surface area (TPSA) is 148 Å². The summed E-state index contributed by atoms with van der Waals surface area (Å²) in [4.78, 5) is 31.2. The molecule has 266 valence electrons. The van der Waals surface area contributed by atoms with Gasteiger partial charge >= 0.3 is 6.03 Å². The maximum absolute atomic E-state index is 14.4. The largest absolute Gasteiger partial charge is 0.490 e. The Bertz CT molecular complexity index is 1580. The van der Waals surface area contributed by atoms with E-state index in [2.05, 4.69) is 34.7 Å². The summed E-state index contributed by atoms with van der Waals surface area (Å²) < 4.78 is 29.0. The molecule has 0 saturated carbocycles. The molecule has 0 radical (unpaired) electrons. The highest BCUT2D eigenvalue weighted by Crippen LogP contribution is 2.33.